The summed E-state index contributed by atoms with van der Waals surface area (Å²) in [5, 5.41) is 9.85. The molecule has 4 nitrogen and oxygen atoms in total. The van der Waals surface area contributed by atoms with Gasteiger partial charge in [-0.05, 0) is 37.0 Å². The van der Waals surface area contributed by atoms with Crippen molar-refractivity contribution < 1.29 is 0 Å². The maximum absolute atomic E-state index is 5.96. The van der Waals surface area contributed by atoms with Gasteiger partial charge in [0.2, 0.25) is 0 Å². The summed E-state index contributed by atoms with van der Waals surface area (Å²) in [5.41, 5.74) is 0.719. The van der Waals surface area contributed by atoms with Crippen LogP contribution in [0.4, 0.5) is 0 Å². The fourth-order valence-corrected chi connectivity index (χ4v) is 2.62. The lowest BCUT2D eigenvalue weighted by molar-refractivity contribution is 0.185. The van der Waals surface area contributed by atoms with Gasteiger partial charge in [0, 0.05) is 11.6 Å². The normalized spacial score (nSPS) is 24.1. The van der Waals surface area contributed by atoms with Gasteiger partial charge in [-0.1, -0.05) is 23.7 Å². The Morgan fingerprint density at radius 2 is 2.00 bits per heavy atom. The largest absolute Gasteiger partial charge is 0.226 e. The standard InChI is InChI=1S/C13H14ClN4/c14-12-5-3-11(4-6-12)13(7-1-2-8-16-13)18-10-15-9-17-18/h3-6,9-10H,1-2,7-8H2. The van der Waals surface area contributed by atoms with Gasteiger partial charge in [-0.3, -0.25) is 0 Å². The number of nitrogens with zero attached hydrogens (tertiary/aromatic N) is 4. The lowest BCUT2D eigenvalue weighted by Gasteiger charge is -2.37. The lowest BCUT2D eigenvalue weighted by atomic mass is 9.90. The molecule has 0 N–H and O–H groups in total. The minimum Gasteiger partial charge on any atom is -0.226 e. The van der Waals surface area contributed by atoms with Crippen molar-refractivity contribution in [3.63, 3.8) is 0 Å². The Bertz CT molecular complexity index is 500. The Morgan fingerprint density at radius 3 is 2.61 bits per heavy atom. The van der Waals surface area contributed by atoms with Crippen LogP contribution in [0, 0.1) is 0 Å². The van der Waals surface area contributed by atoms with Gasteiger partial charge in [-0.15, -0.1) is 0 Å². The van der Waals surface area contributed by atoms with Crippen LogP contribution < -0.4 is 5.32 Å². The molecule has 1 unspecified atom stereocenters. The van der Waals surface area contributed by atoms with Crippen molar-refractivity contribution in [2.45, 2.75) is 24.9 Å². The van der Waals surface area contributed by atoms with Gasteiger partial charge in [0.25, 0.3) is 0 Å². The van der Waals surface area contributed by atoms with Crippen molar-refractivity contribution in [1.82, 2.24) is 20.1 Å². The molecule has 0 amide bonds. The van der Waals surface area contributed by atoms with Gasteiger partial charge < -0.3 is 0 Å². The third-order valence-electron chi connectivity index (χ3n) is 3.41. The van der Waals surface area contributed by atoms with Crippen molar-refractivity contribution in [3.05, 3.63) is 47.5 Å². The summed E-state index contributed by atoms with van der Waals surface area (Å²) < 4.78 is 1.86. The van der Waals surface area contributed by atoms with Gasteiger partial charge in [0.1, 0.15) is 12.7 Å². The summed E-state index contributed by atoms with van der Waals surface area (Å²) in [4.78, 5) is 4.05. The fraction of sp³-hybridized carbons (Fsp3) is 0.385. The summed E-state index contributed by atoms with van der Waals surface area (Å²) in [7, 11) is 0. The van der Waals surface area contributed by atoms with E-state index < -0.39 is 5.66 Å². The molecule has 0 bridgehead atoms. The molecule has 1 aromatic carbocycles. The van der Waals surface area contributed by atoms with Crippen molar-refractivity contribution in [2.75, 3.05) is 6.54 Å². The second kappa shape index (κ2) is 4.71. The summed E-state index contributed by atoms with van der Waals surface area (Å²) in [6.07, 6.45) is 6.54. The molecule has 1 fully saturated rings. The molecule has 1 saturated heterocycles. The molecule has 2 aromatic rings. The molecule has 18 heavy (non-hydrogen) atoms. The van der Waals surface area contributed by atoms with E-state index in [1.54, 1.807) is 12.7 Å². The molecule has 0 aliphatic carbocycles. The number of hydrogen-bond acceptors (Lipinski definition) is 2. The van der Waals surface area contributed by atoms with E-state index in [0.717, 1.165) is 36.4 Å². The first-order valence-electron chi connectivity index (χ1n) is 6.11. The monoisotopic (exact) mass is 261 g/mol. The van der Waals surface area contributed by atoms with E-state index in [1.807, 2.05) is 28.9 Å². The molecule has 1 aliphatic heterocycles. The second-order valence-corrected chi connectivity index (χ2v) is 4.94. The van der Waals surface area contributed by atoms with Crippen molar-refractivity contribution >= 4 is 11.6 Å². The number of halogens is 1. The molecule has 2 heterocycles. The first-order valence-corrected chi connectivity index (χ1v) is 6.49. The van der Waals surface area contributed by atoms with Gasteiger partial charge in [-0.2, -0.15) is 5.10 Å². The van der Waals surface area contributed by atoms with E-state index in [0.29, 0.717) is 0 Å². The smallest absolute Gasteiger partial charge is 0.154 e. The molecule has 1 atom stereocenters. The summed E-state index contributed by atoms with van der Waals surface area (Å²) in [6, 6.07) is 7.86. The minimum absolute atomic E-state index is 0.403. The average molecular weight is 262 g/mol. The quantitative estimate of drug-likeness (QED) is 0.833. The third-order valence-corrected chi connectivity index (χ3v) is 3.66. The molecule has 1 aliphatic rings. The third kappa shape index (κ3) is 1.91. The van der Waals surface area contributed by atoms with E-state index in [1.165, 1.54) is 0 Å². The van der Waals surface area contributed by atoms with Crippen LogP contribution in [0.25, 0.3) is 0 Å². The highest BCUT2D eigenvalue weighted by Gasteiger charge is 2.37. The summed E-state index contributed by atoms with van der Waals surface area (Å²) in [6.45, 7) is 0.864. The Morgan fingerprint density at radius 1 is 1.17 bits per heavy atom. The van der Waals surface area contributed by atoms with E-state index >= 15 is 0 Å². The lowest BCUT2D eigenvalue weighted by Crippen LogP contribution is -2.47. The maximum atomic E-state index is 5.96. The molecule has 1 radical (unpaired) electrons. The second-order valence-electron chi connectivity index (χ2n) is 4.50. The maximum Gasteiger partial charge on any atom is 0.154 e. The number of hydrogen-bond donors (Lipinski definition) is 0. The van der Waals surface area contributed by atoms with Crippen molar-refractivity contribution in [2.24, 2.45) is 0 Å². The Balaban J connectivity index is 2.07. The van der Waals surface area contributed by atoms with Crippen LogP contribution in [-0.4, -0.2) is 21.3 Å². The molecule has 1 aromatic heterocycles. The Labute approximate surface area is 111 Å². The molecular weight excluding hydrogens is 248 g/mol. The van der Waals surface area contributed by atoms with Crippen LogP contribution in [0.5, 0.6) is 0 Å². The predicted octanol–water partition coefficient (Wildman–Crippen LogP) is 2.42. The van der Waals surface area contributed by atoms with Crippen LogP contribution >= 0.6 is 11.6 Å². The summed E-state index contributed by atoms with van der Waals surface area (Å²) >= 11 is 5.96. The zero-order valence-electron chi connectivity index (χ0n) is 9.96. The van der Waals surface area contributed by atoms with Crippen LogP contribution in [-0.2, 0) is 5.66 Å². The first kappa shape index (κ1) is 11.7. The highest BCUT2D eigenvalue weighted by molar-refractivity contribution is 6.30. The number of aromatic nitrogens is 3. The molecule has 3 rings (SSSR count). The van der Waals surface area contributed by atoms with Gasteiger partial charge >= 0.3 is 0 Å². The summed E-state index contributed by atoms with van der Waals surface area (Å²) in [5.74, 6) is 0. The fourth-order valence-electron chi connectivity index (χ4n) is 2.50. The van der Waals surface area contributed by atoms with Crippen LogP contribution in [0.15, 0.2) is 36.9 Å². The number of benzene rings is 1. The highest BCUT2D eigenvalue weighted by atomic mass is 35.5. The van der Waals surface area contributed by atoms with E-state index in [4.69, 9.17) is 16.9 Å². The van der Waals surface area contributed by atoms with Crippen LogP contribution in [0.1, 0.15) is 24.8 Å². The van der Waals surface area contributed by atoms with Crippen LogP contribution in [0.3, 0.4) is 0 Å². The average Bonchev–Trinajstić information content (AvgIpc) is 2.95. The van der Waals surface area contributed by atoms with Crippen molar-refractivity contribution in [1.29, 1.82) is 0 Å². The zero-order chi connectivity index (χ0) is 12.4. The van der Waals surface area contributed by atoms with E-state index in [-0.39, 0.29) is 0 Å². The minimum atomic E-state index is -0.403. The zero-order valence-corrected chi connectivity index (χ0v) is 10.7. The highest BCUT2D eigenvalue weighted by Crippen LogP contribution is 2.33. The molecular formula is C13H14ClN4. The van der Waals surface area contributed by atoms with E-state index in [2.05, 4.69) is 10.1 Å². The number of rotatable bonds is 2. The molecule has 0 spiro atoms. The van der Waals surface area contributed by atoms with Crippen LogP contribution in [0.2, 0.25) is 5.02 Å². The Kier molecular flexibility index (Phi) is 3.06. The van der Waals surface area contributed by atoms with Gasteiger partial charge in [-0.25, -0.2) is 15.0 Å². The SMILES string of the molecule is Clc1ccc(C2(n3cncn3)CCCC[N]2)cc1. The van der Waals surface area contributed by atoms with Gasteiger partial charge in [0.15, 0.2) is 5.66 Å². The van der Waals surface area contributed by atoms with Crippen molar-refractivity contribution in [3.8, 4) is 0 Å². The first-order chi connectivity index (χ1) is 8.81. The van der Waals surface area contributed by atoms with Gasteiger partial charge in [0.05, 0.1) is 0 Å². The Hall–Kier alpha value is -1.39. The number of piperidine rings is 1. The molecule has 0 saturated carbocycles. The van der Waals surface area contributed by atoms with E-state index in [9.17, 15) is 0 Å². The topological polar surface area (TPSA) is 44.8 Å². The molecule has 93 valence electrons. The predicted molar refractivity (Wildman–Crippen MR) is 69.4 cm³/mol. The molecule has 5 heteroatoms.